The van der Waals surface area contributed by atoms with Gasteiger partial charge < -0.3 is 14.4 Å². The Balaban J connectivity index is 1.53. The Morgan fingerprint density at radius 2 is 1.92 bits per heavy atom. The molecule has 1 aliphatic heterocycles. The topological polar surface area (TPSA) is 63.7 Å². The standard InChI is InChI=1S/C18H21N3O3/c1-23-15-8-13(9-16(10-15)24-2)7-14-11-21(12-14)18(22)20-17-5-3-4-6-19-17/h3-6,8-10,14H,7,11-12H2,1-2H3,(H,19,20,22). The average Bonchev–Trinajstić information content (AvgIpc) is 2.58. The first-order valence-corrected chi connectivity index (χ1v) is 7.87. The molecule has 0 saturated carbocycles. The fraction of sp³-hybridized carbons (Fsp3) is 0.333. The zero-order valence-corrected chi connectivity index (χ0v) is 13.9. The molecule has 0 unspecified atom stereocenters. The number of hydrogen-bond donors (Lipinski definition) is 1. The number of anilines is 1. The molecule has 2 amide bonds. The molecule has 1 N–H and O–H groups in total. The van der Waals surface area contributed by atoms with E-state index in [1.807, 2.05) is 30.3 Å². The van der Waals surface area contributed by atoms with Gasteiger partial charge in [-0.1, -0.05) is 6.07 Å². The van der Waals surface area contributed by atoms with Gasteiger partial charge in [0.25, 0.3) is 0 Å². The van der Waals surface area contributed by atoms with E-state index >= 15 is 0 Å². The number of pyridine rings is 1. The summed E-state index contributed by atoms with van der Waals surface area (Å²) in [6.07, 6.45) is 2.55. The predicted molar refractivity (Wildman–Crippen MR) is 91.6 cm³/mol. The molecule has 126 valence electrons. The van der Waals surface area contributed by atoms with Crippen LogP contribution in [0, 0.1) is 5.92 Å². The number of aromatic nitrogens is 1. The summed E-state index contributed by atoms with van der Waals surface area (Å²) in [6, 6.07) is 11.2. The van der Waals surface area contributed by atoms with E-state index in [1.54, 1.807) is 31.4 Å². The molecular formula is C18H21N3O3. The summed E-state index contributed by atoms with van der Waals surface area (Å²) < 4.78 is 10.6. The molecule has 0 bridgehead atoms. The Hall–Kier alpha value is -2.76. The van der Waals surface area contributed by atoms with Gasteiger partial charge in [0.2, 0.25) is 0 Å². The molecule has 6 nitrogen and oxygen atoms in total. The molecule has 1 fully saturated rings. The zero-order valence-electron chi connectivity index (χ0n) is 13.9. The summed E-state index contributed by atoms with van der Waals surface area (Å²) in [5.74, 6) is 2.58. The van der Waals surface area contributed by atoms with Crippen molar-refractivity contribution in [3.8, 4) is 11.5 Å². The van der Waals surface area contributed by atoms with Crippen LogP contribution in [0.3, 0.4) is 0 Å². The molecule has 0 aliphatic carbocycles. The number of hydrogen-bond acceptors (Lipinski definition) is 4. The van der Waals surface area contributed by atoms with Gasteiger partial charge in [-0.05, 0) is 42.2 Å². The maximum Gasteiger partial charge on any atom is 0.323 e. The molecule has 0 atom stereocenters. The van der Waals surface area contributed by atoms with Crippen LogP contribution in [0.15, 0.2) is 42.6 Å². The van der Waals surface area contributed by atoms with E-state index in [0.717, 1.165) is 36.6 Å². The van der Waals surface area contributed by atoms with Gasteiger partial charge in [-0.2, -0.15) is 0 Å². The van der Waals surface area contributed by atoms with Gasteiger partial charge in [-0.25, -0.2) is 9.78 Å². The molecule has 1 aromatic carbocycles. The maximum atomic E-state index is 12.1. The Morgan fingerprint density at radius 3 is 2.50 bits per heavy atom. The average molecular weight is 327 g/mol. The van der Waals surface area contributed by atoms with Crippen LogP contribution in [-0.2, 0) is 6.42 Å². The first-order valence-electron chi connectivity index (χ1n) is 7.87. The third kappa shape index (κ3) is 3.76. The van der Waals surface area contributed by atoms with Crippen molar-refractivity contribution in [3.63, 3.8) is 0 Å². The van der Waals surface area contributed by atoms with Gasteiger partial charge in [0.05, 0.1) is 14.2 Å². The van der Waals surface area contributed by atoms with Crippen LogP contribution in [-0.4, -0.2) is 43.2 Å². The van der Waals surface area contributed by atoms with E-state index in [4.69, 9.17) is 9.47 Å². The Bertz CT molecular complexity index is 678. The number of benzene rings is 1. The highest BCUT2D eigenvalue weighted by Gasteiger charge is 2.30. The first-order chi connectivity index (χ1) is 11.7. The highest BCUT2D eigenvalue weighted by molar-refractivity contribution is 5.88. The van der Waals surface area contributed by atoms with Crippen LogP contribution < -0.4 is 14.8 Å². The van der Waals surface area contributed by atoms with Crippen LogP contribution >= 0.6 is 0 Å². The van der Waals surface area contributed by atoms with Crippen molar-refractivity contribution in [2.75, 3.05) is 32.6 Å². The number of carbonyl (C=O) groups excluding carboxylic acids is 1. The van der Waals surface area contributed by atoms with E-state index in [1.165, 1.54) is 0 Å². The minimum Gasteiger partial charge on any atom is -0.497 e. The number of carbonyl (C=O) groups is 1. The molecule has 1 aliphatic rings. The molecule has 3 rings (SSSR count). The normalized spacial score (nSPS) is 14.0. The Kier molecular flexibility index (Phi) is 4.84. The molecule has 24 heavy (non-hydrogen) atoms. The summed E-state index contributed by atoms with van der Waals surface area (Å²) in [5, 5.41) is 2.80. The van der Waals surface area contributed by atoms with Crippen molar-refractivity contribution < 1.29 is 14.3 Å². The largest absolute Gasteiger partial charge is 0.497 e. The maximum absolute atomic E-state index is 12.1. The number of nitrogens with one attached hydrogen (secondary N) is 1. The lowest BCUT2D eigenvalue weighted by atomic mass is 9.92. The summed E-state index contributed by atoms with van der Waals surface area (Å²) >= 11 is 0. The van der Waals surface area contributed by atoms with Crippen LogP contribution in [0.1, 0.15) is 5.56 Å². The lowest BCUT2D eigenvalue weighted by Gasteiger charge is -2.39. The molecular weight excluding hydrogens is 306 g/mol. The summed E-state index contributed by atoms with van der Waals surface area (Å²) in [4.78, 5) is 18.0. The Labute approximate surface area is 141 Å². The van der Waals surface area contributed by atoms with E-state index in [9.17, 15) is 4.79 Å². The van der Waals surface area contributed by atoms with Crippen LogP contribution in [0.25, 0.3) is 0 Å². The van der Waals surface area contributed by atoms with Gasteiger partial charge in [0.1, 0.15) is 17.3 Å². The summed E-state index contributed by atoms with van der Waals surface area (Å²) in [6.45, 7) is 1.47. The molecule has 0 spiro atoms. The lowest BCUT2D eigenvalue weighted by Crippen LogP contribution is -2.52. The van der Waals surface area contributed by atoms with E-state index < -0.39 is 0 Å². The Morgan fingerprint density at radius 1 is 1.21 bits per heavy atom. The van der Waals surface area contributed by atoms with E-state index in [-0.39, 0.29) is 6.03 Å². The third-order valence-corrected chi connectivity index (χ3v) is 4.08. The number of likely N-dealkylation sites (tertiary alicyclic amines) is 1. The number of rotatable bonds is 5. The number of nitrogens with zero attached hydrogens (tertiary/aromatic N) is 2. The third-order valence-electron chi connectivity index (χ3n) is 4.08. The van der Waals surface area contributed by atoms with Crippen LogP contribution in [0.2, 0.25) is 0 Å². The quantitative estimate of drug-likeness (QED) is 0.917. The van der Waals surface area contributed by atoms with Gasteiger partial charge in [-0.15, -0.1) is 0 Å². The van der Waals surface area contributed by atoms with Gasteiger partial charge in [0, 0.05) is 25.4 Å². The van der Waals surface area contributed by atoms with E-state index in [2.05, 4.69) is 10.3 Å². The number of amides is 2. The molecule has 2 aromatic rings. The fourth-order valence-electron chi connectivity index (χ4n) is 2.81. The first kappa shape index (κ1) is 16.1. The van der Waals surface area contributed by atoms with Gasteiger partial charge in [-0.3, -0.25) is 5.32 Å². The molecule has 1 aromatic heterocycles. The second-order valence-corrected chi connectivity index (χ2v) is 5.84. The van der Waals surface area contributed by atoms with Crippen LogP contribution in [0.4, 0.5) is 10.6 Å². The van der Waals surface area contributed by atoms with Gasteiger partial charge >= 0.3 is 6.03 Å². The molecule has 6 heteroatoms. The number of ether oxygens (including phenoxy) is 2. The minimum atomic E-state index is -0.104. The minimum absolute atomic E-state index is 0.104. The summed E-state index contributed by atoms with van der Waals surface area (Å²) in [5.41, 5.74) is 1.15. The second kappa shape index (κ2) is 7.21. The molecule has 2 heterocycles. The number of urea groups is 1. The highest BCUT2D eigenvalue weighted by Crippen LogP contribution is 2.27. The lowest BCUT2D eigenvalue weighted by molar-refractivity contribution is 0.131. The zero-order chi connectivity index (χ0) is 16.9. The smallest absolute Gasteiger partial charge is 0.323 e. The van der Waals surface area contributed by atoms with Crippen molar-refractivity contribution in [3.05, 3.63) is 48.2 Å². The molecule has 0 radical (unpaired) electrons. The van der Waals surface area contributed by atoms with Crippen molar-refractivity contribution in [1.29, 1.82) is 0 Å². The predicted octanol–water partition coefficient (Wildman–Crippen LogP) is 2.81. The van der Waals surface area contributed by atoms with Crippen LogP contribution in [0.5, 0.6) is 11.5 Å². The second-order valence-electron chi connectivity index (χ2n) is 5.84. The highest BCUT2D eigenvalue weighted by atomic mass is 16.5. The van der Waals surface area contributed by atoms with E-state index in [0.29, 0.717) is 11.7 Å². The van der Waals surface area contributed by atoms with Crippen molar-refractivity contribution >= 4 is 11.8 Å². The van der Waals surface area contributed by atoms with Crippen molar-refractivity contribution in [2.45, 2.75) is 6.42 Å². The monoisotopic (exact) mass is 327 g/mol. The van der Waals surface area contributed by atoms with Gasteiger partial charge in [0.15, 0.2) is 0 Å². The summed E-state index contributed by atoms with van der Waals surface area (Å²) in [7, 11) is 3.29. The fourth-order valence-corrected chi connectivity index (χ4v) is 2.81. The SMILES string of the molecule is COc1cc(CC2CN(C(=O)Nc3ccccn3)C2)cc(OC)c1. The molecule has 1 saturated heterocycles. The van der Waals surface area contributed by atoms with Crippen molar-refractivity contribution in [2.24, 2.45) is 5.92 Å². The van der Waals surface area contributed by atoms with Crippen molar-refractivity contribution in [1.82, 2.24) is 9.88 Å². The number of methoxy groups -OCH3 is 2.